The van der Waals surface area contributed by atoms with Crippen molar-refractivity contribution < 1.29 is 42.9 Å². The highest BCUT2D eigenvalue weighted by atomic mass is 16.7. The molecule has 81 heavy (non-hydrogen) atoms. The molecule has 0 fully saturated rings. The third kappa shape index (κ3) is 64.4. The van der Waals surface area contributed by atoms with Gasteiger partial charge in [-0.05, 0) is 83.5 Å². The van der Waals surface area contributed by atoms with E-state index >= 15 is 0 Å². The summed E-state index contributed by atoms with van der Waals surface area (Å²) in [6.07, 6.45) is 78.6. The van der Waals surface area contributed by atoms with E-state index in [1.54, 1.807) is 0 Å². The Balaban J connectivity index is 4.12. The van der Waals surface area contributed by atoms with Gasteiger partial charge in [0.05, 0.1) is 40.3 Å². The van der Waals surface area contributed by atoms with Gasteiger partial charge in [-0.3, -0.25) is 9.59 Å². The van der Waals surface area contributed by atoms with E-state index < -0.39 is 24.3 Å². The van der Waals surface area contributed by atoms with E-state index in [0.29, 0.717) is 23.9 Å². The summed E-state index contributed by atoms with van der Waals surface area (Å²) in [4.78, 5) is 37.5. The van der Waals surface area contributed by atoms with E-state index in [2.05, 4.69) is 74.6 Å². The van der Waals surface area contributed by atoms with Crippen LogP contribution in [0.4, 0.5) is 0 Å². The maximum atomic E-state index is 12.9. The summed E-state index contributed by atoms with van der Waals surface area (Å²) in [5.41, 5.74) is 0. The molecule has 9 heteroatoms. The van der Waals surface area contributed by atoms with Gasteiger partial charge in [-0.25, -0.2) is 0 Å². The molecule has 0 heterocycles. The summed E-state index contributed by atoms with van der Waals surface area (Å²) in [7, 11) is 5.94. The van der Waals surface area contributed by atoms with Crippen molar-refractivity contribution in [3.8, 4) is 0 Å². The molecule has 0 aromatic carbocycles. The molecule has 0 rings (SSSR count). The molecule has 0 spiro atoms. The third-order valence-electron chi connectivity index (χ3n) is 15.2. The van der Waals surface area contributed by atoms with Crippen LogP contribution >= 0.6 is 0 Å². The lowest BCUT2D eigenvalue weighted by Gasteiger charge is -2.26. The number of esters is 2. The second kappa shape index (κ2) is 63.0. The first-order chi connectivity index (χ1) is 39.6. The Morgan fingerprint density at radius 2 is 0.667 bits per heavy atom. The van der Waals surface area contributed by atoms with Crippen LogP contribution in [0.1, 0.15) is 322 Å². The van der Waals surface area contributed by atoms with Gasteiger partial charge in [0.15, 0.2) is 12.4 Å². The lowest BCUT2D eigenvalue weighted by Crippen LogP contribution is -2.44. The molecule has 0 amide bonds. The first kappa shape index (κ1) is 78.0. The number of likely N-dealkylation sites (N-methyl/N-ethyl adjacent to an activating group) is 1. The average Bonchev–Trinajstić information content (AvgIpc) is 3.44. The van der Waals surface area contributed by atoms with Crippen LogP contribution < -0.4 is 5.11 Å². The van der Waals surface area contributed by atoms with Gasteiger partial charge in [0, 0.05) is 12.8 Å². The number of quaternary nitrogens is 1. The minimum absolute atomic E-state index is 0.147. The van der Waals surface area contributed by atoms with E-state index in [1.807, 2.05) is 21.1 Å². The number of unbranched alkanes of at least 4 members (excludes halogenated alkanes) is 39. The summed E-state index contributed by atoms with van der Waals surface area (Å²) in [6, 6.07) is 0. The van der Waals surface area contributed by atoms with Crippen molar-refractivity contribution in [2.45, 2.75) is 334 Å². The predicted octanol–water partition coefficient (Wildman–Crippen LogP) is 19.8. The fraction of sp³-hybridized carbons (Fsp3) is 0.819. The fourth-order valence-corrected chi connectivity index (χ4v) is 9.93. The van der Waals surface area contributed by atoms with Crippen molar-refractivity contribution in [3.05, 3.63) is 60.8 Å². The predicted molar refractivity (Wildman–Crippen MR) is 343 cm³/mol. The molecule has 0 aliphatic rings. The first-order valence-corrected chi connectivity index (χ1v) is 34.4. The lowest BCUT2D eigenvalue weighted by atomic mass is 10.0. The van der Waals surface area contributed by atoms with Gasteiger partial charge < -0.3 is 33.3 Å². The third-order valence-corrected chi connectivity index (χ3v) is 15.2. The molecule has 0 aromatic heterocycles. The summed E-state index contributed by atoms with van der Waals surface area (Å²) in [6.45, 7) is 4.77. The summed E-state index contributed by atoms with van der Waals surface area (Å²) < 4.78 is 22.8. The summed E-state index contributed by atoms with van der Waals surface area (Å²) in [5.74, 6) is -2.27. The smallest absolute Gasteiger partial charge is 0.306 e. The van der Waals surface area contributed by atoms with Gasteiger partial charge in [0.1, 0.15) is 13.2 Å². The molecular formula is C72H131NO8. The molecule has 2 unspecified atom stereocenters. The van der Waals surface area contributed by atoms with Crippen LogP contribution in [-0.2, 0) is 33.3 Å². The Morgan fingerprint density at radius 3 is 0.988 bits per heavy atom. The number of aliphatic carboxylic acids is 1. The van der Waals surface area contributed by atoms with Gasteiger partial charge in [-0.15, -0.1) is 0 Å². The quantitative estimate of drug-likeness (QED) is 0.0195. The van der Waals surface area contributed by atoms with Crippen molar-refractivity contribution in [2.75, 3.05) is 47.5 Å². The number of carbonyl (C=O) groups excluding carboxylic acids is 3. The second-order valence-corrected chi connectivity index (χ2v) is 24.5. The van der Waals surface area contributed by atoms with Gasteiger partial charge in [0.25, 0.3) is 0 Å². The zero-order chi connectivity index (χ0) is 59.1. The molecule has 0 N–H and O–H groups in total. The zero-order valence-electron chi connectivity index (χ0n) is 53.9. The Bertz CT molecular complexity index is 1510. The molecule has 2 atom stereocenters. The molecule has 0 aliphatic carbocycles. The number of carboxylic acid groups (broad SMARTS) is 1. The maximum Gasteiger partial charge on any atom is 0.306 e. The minimum Gasteiger partial charge on any atom is -0.545 e. The molecule has 9 nitrogen and oxygen atoms in total. The Labute approximate surface area is 501 Å². The second-order valence-electron chi connectivity index (χ2n) is 24.5. The number of hydrogen-bond donors (Lipinski definition) is 0. The van der Waals surface area contributed by atoms with Crippen LogP contribution in [0, 0.1) is 0 Å². The zero-order valence-corrected chi connectivity index (χ0v) is 53.9. The number of ether oxygens (including phenoxy) is 4. The van der Waals surface area contributed by atoms with Crippen molar-refractivity contribution in [3.63, 3.8) is 0 Å². The Hall–Kier alpha value is -3.01. The van der Waals surface area contributed by atoms with Crippen molar-refractivity contribution >= 4 is 17.9 Å². The van der Waals surface area contributed by atoms with Crippen molar-refractivity contribution in [2.24, 2.45) is 0 Å². The standard InChI is InChI=1S/C72H131NO8/c1-6-8-10-12-14-16-18-20-22-24-26-28-30-32-34-35-37-38-40-42-44-46-48-50-52-54-56-58-60-62-69(74)79-66-68(67-80-72(71(76)77)78-65-64-73(3,4)5)81-70(75)63-61-59-57-55-53-51-49-47-45-43-41-39-36-33-31-29-27-25-23-21-19-17-15-13-11-9-7-2/h18-21,24-27,31,33,68,72H,6-17,22-23,28-30,32,34-67H2,1-5H3/b20-18-,21-19-,26-24-,27-25-,33-31-. The molecule has 0 aromatic rings. The molecule has 472 valence electrons. The van der Waals surface area contributed by atoms with Crippen LogP contribution in [0.15, 0.2) is 60.8 Å². The van der Waals surface area contributed by atoms with Gasteiger partial charge in [0.2, 0.25) is 0 Å². The van der Waals surface area contributed by atoms with Gasteiger partial charge in [-0.2, -0.15) is 0 Å². The topological polar surface area (TPSA) is 111 Å². The van der Waals surface area contributed by atoms with E-state index in [9.17, 15) is 19.5 Å². The van der Waals surface area contributed by atoms with Crippen LogP contribution in [-0.4, -0.2) is 82.3 Å². The largest absolute Gasteiger partial charge is 0.545 e. The highest BCUT2D eigenvalue weighted by Gasteiger charge is 2.22. The minimum atomic E-state index is -1.62. The highest BCUT2D eigenvalue weighted by Crippen LogP contribution is 2.18. The van der Waals surface area contributed by atoms with E-state index in [1.165, 1.54) is 231 Å². The van der Waals surface area contributed by atoms with Crippen LogP contribution in [0.25, 0.3) is 0 Å². The molecule has 0 aliphatic heterocycles. The first-order valence-electron chi connectivity index (χ1n) is 34.4. The number of nitrogens with zero attached hydrogens (tertiary/aromatic N) is 1. The van der Waals surface area contributed by atoms with E-state index in [4.69, 9.17) is 18.9 Å². The monoisotopic (exact) mass is 1140 g/mol. The number of carboxylic acids is 1. The maximum absolute atomic E-state index is 12.9. The highest BCUT2D eigenvalue weighted by molar-refractivity contribution is 5.70. The van der Waals surface area contributed by atoms with E-state index in [-0.39, 0.29) is 32.2 Å². The Morgan fingerprint density at radius 1 is 0.370 bits per heavy atom. The van der Waals surface area contributed by atoms with Crippen LogP contribution in [0.2, 0.25) is 0 Å². The van der Waals surface area contributed by atoms with Crippen molar-refractivity contribution in [1.29, 1.82) is 0 Å². The van der Waals surface area contributed by atoms with Crippen molar-refractivity contribution in [1.82, 2.24) is 0 Å². The van der Waals surface area contributed by atoms with Crippen LogP contribution in [0.5, 0.6) is 0 Å². The molecule has 0 saturated carbocycles. The summed E-state index contributed by atoms with van der Waals surface area (Å²) >= 11 is 0. The lowest BCUT2D eigenvalue weighted by molar-refractivity contribution is -0.870. The normalized spacial score (nSPS) is 13.0. The number of allylic oxidation sites excluding steroid dienone is 10. The SMILES string of the molecule is CCCCCCC/C=C\C/C=C\C/C=C\CCCCCCCCCCCCCCC(=O)OC(COC(=O)CCCCCCCCCCCCCCCCCCC/C=C\C/C=C\CCCCCCC)COC(OCC[N+](C)(C)C)C(=O)[O-]. The molecular weight excluding hydrogens is 1010 g/mol. The molecule has 0 bridgehead atoms. The van der Waals surface area contributed by atoms with Gasteiger partial charge in [-0.1, -0.05) is 286 Å². The molecule has 0 radical (unpaired) electrons. The average molecular weight is 1140 g/mol. The fourth-order valence-electron chi connectivity index (χ4n) is 9.93. The Kier molecular flexibility index (Phi) is 60.7. The number of hydrogen-bond acceptors (Lipinski definition) is 8. The number of rotatable bonds is 64. The van der Waals surface area contributed by atoms with Crippen LogP contribution in [0.3, 0.4) is 0 Å². The summed E-state index contributed by atoms with van der Waals surface area (Å²) in [5, 5.41) is 11.8. The van der Waals surface area contributed by atoms with E-state index in [0.717, 1.165) is 57.8 Å². The van der Waals surface area contributed by atoms with Gasteiger partial charge >= 0.3 is 11.9 Å². The molecule has 0 saturated heterocycles. The number of carbonyl (C=O) groups is 3.